The van der Waals surface area contributed by atoms with Gasteiger partial charge in [0.25, 0.3) is 0 Å². The largest absolute Gasteiger partial charge is 0.316 e. The van der Waals surface area contributed by atoms with Crippen molar-refractivity contribution in [2.24, 2.45) is 5.92 Å². The van der Waals surface area contributed by atoms with E-state index in [-0.39, 0.29) is 5.54 Å². The van der Waals surface area contributed by atoms with Crippen LogP contribution >= 0.6 is 11.3 Å². The Bertz CT molecular complexity index is 325. The molecule has 17 heavy (non-hydrogen) atoms. The van der Waals surface area contributed by atoms with E-state index in [0.29, 0.717) is 5.92 Å². The Hall–Kier alpha value is -0.450. The molecule has 4 heteroatoms. The maximum atomic E-state index is 4.59. The van der Waals surface area contributed by atoms with Gasteiger partial charge in [-0.1, -0.05) is 13.8 Å². The zero-order valence-electron chi connectivity index (χ0n) is 10.8. The van der Waals surface area contributed by atoms with Gasteiger partial charge in [0.2, 0.25) is 0 Å². The van der Waals surface area contributed by atoms with Crippen molar-refractivity contribution in [2.75, 3.05) is 19.6 Å². The maximum absolute atomic E-state index is 4.59. The number of hydrogen-bond acceptors (Lipinski definition) is 4. The summed E-state index contributed by atoms with van der Waals surface area (Å²) in [7, 11) is 0. The lowest BCUT2D eigenvalue weighted by Crippen LogP contribution is -2.56. The fourth-order valence-electron chi connectivity index (χ4n) is 2.81. The van der Waals surface area contributed by atoms with Gasteiger partial charge >= 0.3 is 0 Å². The molecular formula is C13H23N3S. The summed E-state index contributed by atoms with van der Waals surface area (Å²) in [4.78, 5) is 4.59. The van der Waals surface area contributed by atoms with E-state index < -0.39 is 0 Å². The van der Waals surface area contributed by atoms with Crippen LogP contribution in [0.2, 0.25) is 0 Å². The van der Waals surface area contributed by atoms with Crippen LogP contribution in [0.25, 0.3) is 0 Å². The number of thiazole rings is 1. The van der Waals surface area contributed by atoms with E-state index in [2.05, 4.69) is 34.8 Å². The summed E-state index contributed by atoms with van der Waals surface area (Å²) in [6.07, 6.45) is 5.46. The molecule has 0 bridgehead atoms. The Morgan fingerprint density at radius 3 is 3.12 bits per heavy atom. The van der Waals surface area contributed by atoms with Crippen LogP contribution < -0.4 is 10.6 Å². The second-order valence-electron chi connectivity index (χ2n) is 4.79. The summed E-state index contributed by atoms with van der Waals surface area (Å²) in [6.45, 7) is 7.79. The first kappa shape index (κ1) is 13.0. The molecule has 2 N–H and O–H groups in total. The zero-order chi connectivity index (χ0) is 12.1. The highest BCUT2D eigenvalue weighted by atomic mass is 32.1. The lowest BCUT2D eigenvalue weighted by atomic mass is 9.77. The van der Waals surface area contributed by atoms with Gasteiger partial charge in [0.15, 0.2) is 0 Å². The third kappa shape index (κ3) is 2.54. The van der Waals surface area contributed by atoms with Crippen molar-refractivity contribution in [1.82, 2.24) is 15.6 Å². The highest BCUT2D eigenvalue weighted by molar-refractivity contribution is 7.09. The summed E-state index contributed by atoms with van der Waals surface area (Å²) in [5.41, 5.74) is 0.115. The fraction of sp³-hybridized carbons (Fsp3) is 0.769. The monoisotopic (exact) mass is 253 g/mol. The van der Waals surface area contributed by atoms with Gasteiger partial charge in [0.1, 0.15) is 5.01 Å². The second-order valence-corrected chi connectivity index (χ2v) is 5.69. The molecule has 2 unspecified atom stereocenters. The molecule has 1 saturated heterocycles. The van der Waals surface area contributed by atoms with Crippen LogP contribution in [0.15, 0.2) is 11.6 Å². The Balaban J connectivity index is 2.27. The van der Waals surface area contributed by atoms with Crippen LogP contribution in [0, 0.1) is 5.92 Å². The van der Waals surface area contributed by atoms with E-state index in [9.17, 15) is 0 Å². The normalized spacial score (nSPS) is 29.4. The molecule has 1 aromatic heterocycles. The van der Waals surface area contributed by atoms with Crippen molar-refractivity contribution in [2.45, 2.75) is 38.6 Å². The molecule has 0 radical (unpaired) electrons. The highest BCUT2D eigenvalue weighted by Crippen LogP contribution is 2.38. The number of nitrogens with zero attached hydrogens (tertiary/aromatic N) is 1. The van der Waals surface area contributed by atoms with Crippen LogP contribution in [0.5, 0.6) is 0 Å². The van der Waals surface area contributed by atoms with Gasteiger partial charge in [-0.25, -0.2) is 4.98 Å². The average molecular weight is 253 g/mol. The first-order valence-electron chi connectivity index (χ1n) is 6.69. The Labute approximate surface area is 108 Å². The van der Waals surface area contributed by atoms with Gasteiger partial charge < -0.3 is 10.6 Å². The predicted molar refractivity (Wildman–Crippen MR) is 73.4 cm³/mol. The van der Waals surface area contributed by atoms with Gasteiger partial charge in [0.05, 0.1) is 5.54 Å². The number of hydrogen-bond donors (Lipinski definition) is 2. The molecule has 0 amide bonds. The molecule has 96 valence electrons. The molecular weight excluding hydrogens is 230 g/mol. The van der Waals surface area contributed by atoms with Crippen LogP contribution in [-0.2, 0) is 5.54 Å². The van der Waals surface area contributed by atoms with E-state index in [4.69, 9.17) is 0 Å². The summed E-state index contributed by atoms with van der Waals surface area (Å²) < 4.78 is 0. The Morgan fingerprint density at radius 1 is 1.59 bits per heavy atom. The van der Waals surface area contributed by atoms with E-state index in [1.54, 1.807) is 11.3 Å². The van der Waals surface area contributed by atoms with Gasteiger partial charge in [-0.3, -0.25) is 0 Å². The Morgan fingerprint density at radius 2 is 2.47 bits per heavy atom. The molecule has 0 aliphatic carbocycles. The van der Waals surface area contributed by atoms with Gasteiger partial charge in [-0.05, 0) is 38.3 Å². The first-order valence-corrected chi connectivity index (χ1v) is 7.57. The minimum atomic E-state index is 0.115. The number of aromatic nitrogens is 1. The molecule has 3 nitrogen and oxygen atoms in total. The summed E-state index contributed by atoms with van der Waals surface area (Å²) in [5.74, 6) is 0.647. The molecule has 0 saturated carbocycles. The van der Waals surface area contributed by atoms with Crippen molar-refractivity contribution in [3.05, 3.63) is 16.6 Å². The minimum Gasteiger partial charge on any atom is -0.316 e. The molecule has 1 fully saturated rings. The van der Waals surface area contributed by atoms with Gasteiger partial charge in [-0.2, -0.15) is 0 Å². The molecule has 1 aliphatic rings. The third-order valence-corrected chi connectivity index (χ3v) is 4.73. The van der Waals surface area contributed by atoms with Crippen LogP contribution in [0.1, 0.15) is 38.1 Å². The maximum Gasteiger partial charge on any atom is 0.113 e. The van der Waals surface area contributed by atoms with Crippen LogP contribution in [0.4, 0.5) is 0 Å². The highest BCUT2D eigenvalue weighted by Gasteiger charge is 2.42. The SMILES string of the molecule is CCCNC1(c2nccs2)CCNCC1CC. The van der Waals surface area contributed by atoms with Gasteiger partial charge in [0, 0.05) is 18.1 Å². The predicted octanol–water partition coefficient (Wildman–Crippen LogP) is 2.36. The van der Waals surface area contributed by atoms with E-state index >= 15 is 0 Å². The number of rotatable bonds is 5. The standard InChI is InChI=1S/C13H23N3S/c1-3-6-16-13(12-15-8-9-17-12)5-7-14-10-11(13)4-2/h8-9,11,14,16H,3-7,10H2,1-2H3. The number of piperidine rings is 1. The van der Waals surface area contributed by atoms with Crippen molar-refractivity contribution in [1.29, 1.82) is 0 Å². The Kier molecular flexibility index (Phi) is 4.54. The van der Waals surface area contributed by atoms with Crippen molar-refractivity contribution < 1.29 is 0 Å². The van der Waals surface area contributed by atoms with Crippen LogP contribution in [-0.4, -0.2) is 24.6 Å². The third-order valence-electron chi connectivity index (χ3n) is 3.78. The molecule has 2 rings (SSSR count). The molecule has 2 heterocycles. The fourth-order valence-corrected chi connectivity index (χ4v) is 3.74. The van der Waals surface area contributed by atoms with Crippen molar-refractivity contribution in [3.63, 3.8) is 0 Å². The smallest absolute Gasteiger partial charge is 0.113 e. The van der Waals surface area contributed by atoms with Crippen molar-refractivity contribution in [3.8, 4) is 0 Å². The first-order chi connectivity index (χ1) is 8.33. The molecule has 0 spiro atoms. The summed E-state index contributed by atoms with van der Waals surface area (Å²) in [6, 6.07) is 0. The quantitative estimate of drug-likeness (QED) is 0.846. The molecule has 2 atom stereocenters. The van der Waals surface area contributed by atoms with E-state index in [1.165, 1.54) is 17.8 Å². The zero-order valence-corrected chi connectivity index (χ0v) is 11.6. The second kappa shape index (κ2) is 5.94. The topological polar surface area (TPSA) is 37.0 Å². The lowest BCUT2D eigenvalue weighted by molar-refractivity contribution is 0.149. The molecule has 0 aromatic carbocycles. The van der Waals surface area contributed by atoms with E-state index in [0.717, 1.165) is 26.1 Å². The molecule has 1 aliphatic heterocycles. The molecule has 1 aromatic rings. The number of nitrogens with one attached hydrogen (secondary N) is 2. The minimum absolute atomic E-state index is 0.115. The van der Waals surface area contributed by atoms with Crippen LogP contribution in [0.3, 0.4) is 0 Å². The lowest BCUT2D eigenvalue weighted by Gasteiger charge is -2.43. The summed E-state index contributed by atoms with van der Waals surface area (Å²) >= 11 is 1.80. The average Bonchev–Trinajstić information content (AvgIpc) is 2.91. The summed E-state index contributed by atoms with van der Waals surface area (Å²) in [5, 5.41) is 10.7. The van der Waals surface area contributed by atoms with Gasteiger partial charge in [-0.15, -0.1) is 11.3 Å². The van der Waals surface area contributed by atoms with Crippen molar-refractivity contribution >= 4 is 11.3 Å². The van der Waals surface area contributed by atoms with E-state index in [1.807, 2.05) is 6.20 Å².